The molecule has 0 fully saturated rings. The highest BCUT2D eigenvalue weighted by atomic mass is 32.2. The van der Waals surface area contributed by atoms with Crippen LogP contribution in [0.5, 0.6) is 0 Å². The summed E-state index contributed by atoms with van der Waals surface area (Å²) >= 11 is 1.70. The first-order valence-electron chi connectivity index (χ1n) is 7.51. The van der Waals surface area contributed by atoms with Crippen LogP contribution in [0.1, 0.15) is 28.5 Å². The molecule has 0 bridgehead atoms. The number of para-hydroxylation sites is 1. The maximum atomic E-state index is 13.5. The third-order valence-corrected chi connectivity index (χ3v) is 5.21. The summed E-state index contributed by atoms with van der Waals surface area (Å²) in [6.07, 6.45) is 0.799. The number of hydrogen-bond donors (Lipinski definition) is 2. The van der Waals surface area contributed by atoms with Crippen LogP contribution in [0.2, 0.25) is 0 Å². The first-order chi connectivity index (χ1) is 11.2. The molecule has 1 aliphatic rings. The van der Waals surface area contributed by atoms with Crippen LogP contribution in [0, 0.1) is 5.82 Å². The molecule has 4 rings (SSSR count). The maximum absolute atomic E-state index is 13.5. The molecule has 116 valence electrons. The van der Waals surface area contributed by atoms with Gasteiger partial charge in [-0.2, -0.15) is 0 Å². The number of thioether (sulfide) groups is 1. The van der Waals surface area contributed by atoms with E-state index in [0.29, 0.717) is 5.69 Å². The van der Waals surface area contributed by atoms with Gasteiger partial charge >= 0.3 is 0 Å². The SMILES string of the molecule is O=C(NC1CCSc2ccc(F)cc21)c1cc2ccccc2[nH]1. The van der Waals surface area contributed by atoms with Gasteiger partial charge in [-0.15, -0.1) is 11.8 Å². The Balaban J connectivity index is 1.61. The van der Waals surface area contributed by atoms with Gasteiger partial charge in [-0.1, -0.05) is 18.2 Å². The van der Waals surface area contributed by atoms with Gasteiger partial charge in [0.2, 0.25) is 0 Å². The summed E-state index contributed by atoms with van der Waals surface area (Å²) in [6, 6.07) is 14.2. The van der Waals surface area contributed by atoms with Gasteiger partial charge in [-0.25, -0.2) is 4.39 Å². The summed E-state index contributed by atoms with van der Waals surface area (Å²) in [4.78, 5) is 16.7. The summed E-state index contributed by atoms with van der Waals surface area (Å²) < 4.78 is 13.5. The minimum atomic E-state index is -0.267. The molecule has 0 aliphatic carbocycles. The van der Waals surface area contributed by atoms with Crippen LogP contribution in [-0.4, -0.2) is 16.6 Å². The summed E-state index contributed by atoms with van der Waals surface area (Å²) in [5, 5.41) is 4.03. The molecular formula is C18H15FN2OS. The van der Waals surface area contributed by atoms with Crippen LogP contribution in [-0.2, 0) is 0 Å². The number of aromatic amines is 1. The van der Waals surface area contributed by atoms with Gasteiger partial charge < -0.3 is 10.3 Å². The number of amides is 1. The zero-order valence-corrected chi connectivity index (χ0v) is 13.1. The van der Waals surface area contributed by atoms with E-state index in [-0.39, 0.29) is 17.8 Å². The molecule has 2 aromatic carbocycles. The van der Waals surface area contributed by atoms with E-state index < -0.39 is 0 Å². The Morgan fingerprint density at radius 1 is 1.22 bits per heavy atom. The fraction of sp³-hybridized carbons (Fsp3) is 0.167. The average molecular weight is 326 g/mol. The minimum absolute atomic E-state index is 0.152. The van der Waals surface area contributed by atoms with Crippen LogP contribution >= 0.6 is 11.8 Å². The average Bonchev–Trinajstić information content (AvgIpc) is 2.99. The van der Waals surface area contributed by atoms with Crippen LogP contribution in [0.25, 0.3) is 10.9 Å². The Labute approximate surface area is 137 Å². The topological polar surface area (TPSA) is 44.9 Å². The highest BCUT2D eigenvalue weighted by Gasteiger charge is 2.23. The number of H-pyrrole nitrogens is 1. The second-order valence-electron chi connectivity index (χ2n) is 5.62. The lowest BCUT2D eigenvalue weighted by molar-refractivity contribution is 0.0930. The van der Waals surface area contributed by atoms with E-state index in [9.17, 15) is 9.18 Å². The molecule has 0 spiro atoms. The number of aromatic nitrogens is 1. The number of carbonyl (C=O) groups is 1. The number of nitrogens with one attached hydrogen (secondary N) is 2. The Hall–Kier alpha value is -2.27. The van der Waals surface area contributed by atoms with Crippen LogP contribution in [0.15, 0.2) is 53.4 Å². The van der Waals surface area contributed by atoms with Crippen molar-refractivity contribution in [3.63, 3.8) is 0 Å². The van der Waals surface area contributed by atoms with Gasteiger partial charge in [0.05, 0.1) is 6.04 Å². The van der Waals surface area contributed by atoms with Gasteiger partial charge in [-0.05, 0) is 42.3 Å². The van der Waals surface area contributed by atoms with E-state index in [1.165, 1.54) is 12.1 Å². The van der Waals surface area contributed by atoms with Crippen molar-refractivity contribution in [2.75, 3.05) is 5.75 Å². The second kappa shape index (κ2) is 5.74. The molecule has 0 saturated carbocycles. The molecule has 2 N–H and O–H groups in total. The molecule has 1 aliphatic heterocycles. The fourth-order valence-corrected chi connectivity index (χ4v) is 4.05. The molecular weight excluding hydrogens is 311 g/mol. The van der Waals surface area contributed by atoms with Crippen LogP contribution in [0.4, 0.5) is 4.39 Å². The standard InChI is InChI=1S/C18H15FN2OS/c19-12-5-6-17-13(10-12)15(7-8-23-17)21-18(22)16-9-11-3-1-2-4-14(11)20-16/h1-6,9-10,15,20H,7-8H2,(H,21,22). The van der Waals surface area contributed by atoms with E-state index in [1.54, 1.807) is 17.8 Å². The maximum Gasteiger partial charge on any atom is 0.268 e. The smallest absolute Gasteiger partial charge is 0.268 e. The van der Waals surface area contributed by atoms with Crippen LogP contribution < -0.4 is 5.32 Å². The Kier molecular flexibility index (Phi) is 3.58. The molecule has 2 heterocycles. The number of fused-ring (bicyclic) bond motifs is 2. The van der Waals surface area contributed by atoms with Gasteiger partial charge in [0.15, 0.2) is 0 Å². The fourth-order valence-electron chi connectivity index (χ4n) is 2.95. The van der Waals surface area contributed by atoms with Crippen molar-refractivity contribution in [1.82, 2.24) is 10.3 Å². The Morgan fingerprint density at radius 2 is 2.09 bits per heavy atom. The summed E-state index contributed by atoms with van der Waals surface area (Å²) in [5.41, 5.74) is 2.33. The molecule has 0 saturated heterocycles. The van der Waals surface area contributed by atoms with Crippen molar-refractivity contribution < 1.29 is 9.18 Å². The summed E-state index contributed by atoms with van der Waals surface area (Å²) in [6.45, 7) is 0. The first-order valence-corrected chi connectivity index (χ1v) is 8.50. The predicted molar refractivity (Wildman–Crippen MR) is 90.2 cm³/mol. The monoisotopic (exact) mass is 326 g/mol. The lowest BCUT2D eigenvalue weighted by Crippen LogP contribution is -2.30. The van der Waals surface area contributed by atoms with E-state index in [1.807, 2.05) is 30.3 Å². The molecule has 1 atom stereocenters. The van der Waals surface area contributed by atoms with E-state index in [4.69, 9.17) is 0 Å². The summed E-state index contributed by atoms with van der Waals surface area (Å²) in [7, 11) is 0. The van der Waals surface area contributed by atoms with Gasteiger partial charge in [-0.3, -0.25) is 4.79 Å². The molecule has 3 nitrogen and oxygen atoms in total. The van der Waals surface area contributed by atoms with Crippen molar-refractivity contribution in [2.24, 2.45) is 0 Å². The van der Waals surface area contributed by atoms with Crippen molar-refractivity contribution in [2.45, 2.75) is 17.4 Å². The Morgan fingerprint density at radius 3 is 2.96 bits per heavy atom. The third kappa shape index (κ3) is 2.72. The number of halogens is 1. The first kappa shape index (κ1) is 14.3. The molecule has 23 heavy (non-hydrogen) atoms. The number of benzene rings is 2. The molecule has 1 amide bonds. The van der Waals surface area contributed by atoms with Crippen molar-refractivity contribution >= 4 is 28.6 Å². The Bertz CT molecular complexity index is 857. The van der Waals surface area contributed by atoms with E-state index in [0.717, 1.165) is 33.5 Å². The second-order valence-corrected chi connectivity index (χ2v) is 6.75. The molecule has 1 unspecified atom stereocenters. The zero-order chi connectivity index (χ0) is 15.8. The highest BCUT2D eigenvalue weighted by Crippen LogP contribution is 2.36. The summed E-state index contributed by atoms with van der Waals surface area (Å²) in [5.74, 6) is 0.487. The lowest BCUT2D eigenvalue weighted by atomic mass is 10.0. The van der Waals surface area contributed by atoms with Gasteiger partial charge in [0.25, 0.3) is 5.91 Å². The van der Waals surface area contributed by atoms with Crippen molar-refractivity contribution in [3.8, 4) is 0 Å². The molecule has 5 heteroatoms. The van der Waals surface area contributed by atoms with Gasteiger partial charge in [0, 0.05) is 21.6 Å². The van der Waals surface area contributed by atoms with E-state index in [2.05, 4.69) is 10.3 Å². The molecule has 3 aromatic rings. The van der Waals surface area contributed by atoms with Crippen molar-refractivity contribution in [1.29, 1.82) is 0 Å². The number of hydrogen-bond acceptors (Lipinski definition) is 2. The van der Waals surface area contributed by atoms with Crippen molar-refractivity contribution in [3.05, 3.63) is 65.6 Å². The normalized spacial score (nSPS) is 17.0. The minimum Gasteiger partial charge on any atom is -0.351 e. The zero-order valence-electron chi connectivity index (χ0n) is 12.3. The highest BCUT2D eigenvalue weighted by molar-refractivity contribution is 7.99. The quantitative estimate of drug-likeness (QED) is 0.738. The van der Waals surface area contributed by atoms with Gasteiger partial charge in [0.1, 0.15) is 11.5 Å². The number of rotatable bonds is 2. The largest absolute Gasteiger partial charge is 0.351 e. The molecule has 0 radical (unpaired) electrons. The van der Waals surface area contributed by atoms with Crippen LogP contribution in [0.3, 0.4) is 0 Å². The molecule has 1 aromatic heterocycles. The number of carbonyl (C=O) groups excluding carboxylic acids is 1. The lowest BCUT2D eigenvalue weighted by Gasteiger charge is -2.25. The third-order valence-electron chi connectivity index (χ3n) is 4.09. The predicted octanol–water partition coefficient (Wildman–Crippen LogP) is 4.27. The van der Waals surface area contributed by atoms with E-state index >= 15 is 0 Å².